The van der Waals surface area contributed by atoms with Crippen LogP contribution in [-0.4, -0.2) is 38.4 Å². The Morgan fingerprint density at radius 3 is 2.67 bits per heavy atom. The summed E-state index contributed by atoms with van der Waals surface area (Å²) in [6.07, 6.45) is 11.4. The topological polar surface area (TPSA) is 52.3 Å². The number of benzene rings is 1. The highest BCUT2D eigenvalue weighted by molar-refractivity contribution is 5.86. The Bertz CT molecular complexity index is 1070. The predicted octanol–water partition coefficient (Wildman–Crippen LogP) is 3.89. The van der Waals surface area contributed by atoms with Crippen molar-refractivity contribution < 1.29 is 4.74 Å². The maximum atomic E-state index is 12.2. The van der Waals surface area contributed by atoms with Gasteiger partial charge in [-0.1, -0.05) is 18.9 Å². The Morgan fingerprint density at radius 1 is 1.07 bits per heavy atom. The van der Waals surface area contributed by atoms with E-state index >= 15 is 0 Å². The highest BCUT2D eigenvalue weighted by atomic mass is 16.5. The number of hydrogen-bond acceptors (Lipinski definition) is 4. The van der Waals surface area contributed by atoms with Gasteiger partial charge < -0.3 is 9.30 Å². The number of hydrogen-bond donors (Lipinski definition) is 0. The summed E-state index contributed by atoms with van der Waals surface area (Å²) in [5.74, 6) is 1.01. The summed E-state index contributed by atoms with van der Waals surface area (Å²) in [6.45, 7) is 2.56. The minimum absolute atomic E-state index is 0.00525. The van der Waals surface area contributed by atoms with E-state index in [0.717, 1.165) is 37.2 Å². The normalized spacial score (nSPS) is 19.0. The Morgan fingerprint density at radius 2 is 1.87 bits per heavy atom. The molecule has 5 rings (SSSR count). The SMILES string of the molecule is Cn1nccc(CN2CCC(Oc3cccc4c3ccn4C3CCCC3)CC2)c1=O. The first-order valence-electron chi connectivity index (χ1n) is 11.2. The minimum Gasteiger partial charge on any atom is -0.490 e. The summed E-state index contributed by atoms with van der Waals surface area (Å²) < 4.78 is 10.3. The maximum Gasteiger partial charge on any atom is 0.270 e. The van der Waals surface area contributed by atoms with Crippen molar-refractivity contribution in [2.75, 3.05) is 13.1 Å². The molecule has 0 bridgehead atoms. The van der Waals surface area contributed by atoms with Gasteiger partial charge in [-0.15, -0.1) is 0 Å². The second-order valence-electron chi connectivity index (χ2n) is 8.73. The van der Waals surface area contributed by atoms with Gasteiger partial charge in [-0.3, -0.25) is 9.69 Å². The lowest BCUT2D eigenvalue weighted by Gasteiger charge is -2.32. The number of aryl methyl sites for hydroxylation is 1. The molecule has 1 aliphatic carbocycles. The van der Waals surface area contributed by atoms with E-state index in [0.29, 0.717) is 12.6 Å². The summed E-state index contributed by atoms with van der Waals surface area (Å²) in [5.41, 5.74) is 2.10. The van der Waals surface area contributed by atoms with Crippen LogP contribution in [0.5, 0.6) is 5.75 Å². The van der Waals surface area contributed by atoms with E-state index < -0.39 is 0 Å². The zero-order chi connectivity index (χ0) is 20.5. The molecule has 1 aromatic carbocycles. The average molecular weight is 407 g/mol. The van der Waals surface area contributed by atoms with Gasteiger partial charge in [0.2, 0.25) is 0 Å². The zero-order valence-electron chi connectivity index (χ0n) is 17.7. The molecule has 3 heterocycles. The first-order valence-corrected chi connectivity index (χ1v) is 11.2. The molecule has 30 heavy (non-hydrogen) atoms. The lowest BCUT2D eigenvalue weighted by Crippen LogP contribution is -2.39. The second kappa shape index (κ2) is 8.26. The standard InChI is InChI=1S/C24H30N4O2/c1-26-24(29)18(9-13-25-26)17-27-14-10-20(11-15-27)30-23-8-4-7-22-21(23)12-16-28(22)19-5-2-3-6-19/h4,7-9,12-13,16,19-20H,2-3,5-6,10-11,14-15,17H2,1H3. The van der Waals surface area contributed by atoms with Crippen molar-refractivity contribution in [3.05, 3.63) is 58.6 Å². The molecule has 0 N–H and O–H groups in total. The fourth-order valence-electron chi connectivity index (χ4n) is 5.04. The molecule has 0 spiro atoms. The van der Waals surface area contributed by atoms with E-state index in [1.54, 1.807) is 13.2 Å². The van der Waals surface area contributed by atoms with Crippen molar-refractivity contribution >= 4 is 10.9 Å². The van der Waals surface area contributed by atoms with Gasteiger partial charge in [0.15, 0.2) is 0 Å². The number of aromatic nitrogens is 3. The molecule has 6 nitrogen and oxygen atoms in total. The molecule has 1 aliphatic heterocycles. The summed E-state index contributed by atoms with van der Waals surface area (Å²) >= 11 is 0. The molecule has 2 fully saturated rings. The second-order valence-corrected chi connectivity index (χ2v) is 8.73. The van der Waals surface area contributed by atoms with Gasteiger partial charge >= 0.3 is 0 Å². The van der Waals surface area contributed by atoms with E-state index in [1.807, 2.05) is 6.07 Å². The summed E-state index contributed by atoms with van der Waals surface area (Å²) in [7, 11) is 1.70. The fraction of sp³-hybridized carbons (Fsp3) is 0.500. The van der Waals surface area contributed by atoms with Crippen LogP contribution in [-0.2, 0) is 13.6 Å². The van der Waals surface area contributed by atoms with Gasteiger partial charge in [0.05, 0.1) is 5.52 Å². The third-order valence-corrected chi connectivity index (χ3v) is 6.75. The lowest BCUT2D eigenvalue weighted by molar-refractivity contribution is 0.0976. The summed E-state index contributed by atoms with van der Waals surface area (Å²) in [4.78, 5) is 14.6. The van der Waals surface area contributed by atoms with Crippen LogP contribution in [0, 0.1) is 0 Å². The number of piperidine rings is 1. The average Bonchev–Trinajstić information content (AvgIpc) is 3.43. The van der Waals surface area contributed by atoms with Crippen LogP contribution in [0.1, 0.15) is 50.1 Å². The van der Waals surface area contributed by atoms with Crippen molar-refractivity contribution in [3.63, 3.8) is 0 Å². The highest BCUT2D eigenvalue weighted by Gasteiger charge is 2.23. The van der Waals surface area contributed by atoms with Gasteiger partial charge in [-0.25, -0.2) is 4.68 Å². The minimum atomic E-state index is -0.00525. The predicted molar refractivity (Wildman–Crippen MR) is 118 cm³/mol. The third kappa shape index (κ3) is 3.76. The number of ether oxygens (including phenoxy) is 1. The molecular formula is C24H30N4O2. The monoisotopic (exact) mass is 406 g/mol. The molecule has 1 saturated heterocycles. The maximum absolute atomic E-state index is 12.2. The molecule has 3 aromatic rings. The van der Waals surface area contributed by atoms with E-state index in [2.05, 4.69) is 45.0 Å². The highest BCUT2D eigenvalue weighted by Crippen LogP contribution is 2.36. The number of nitrogens with zero attached hydrogens (tertiary/aromatic N) is 4. The Labute approximate surface area is 177 Å². The molecule has 158 valence electrons. The van der Waals surface area contributed by atoms with E-state index in [1.165, 1.54) is 41.3 Å². The van der Waals surface area contributed by atoms with Crippen LogP contribution >= 0.6 is 0 Å². The quantitative estimate of drug-likeness (QED) is 0.645. The molecule has 2 aromatic heterocycles. The van der Waals surface area contributed by atoms with Crippen LogP contribution in [0.4, 0.5) is 0 Å². The molecule has 1 saturated carbocycles. The summed E-state index contributed by atoms with van der Waals surface area (Å²) in [5, 5.41) is 5.24. The Kier molecular flexibility index (Phi) is 5.34. The van der Waals surface area contributed by atoms with Gasteiger partial charge in [0.25, 0.3) is 5.56 Å². The molecule has 0 radical (unpaired) electrons. The molecule has 6 heteroatoms. The van der Waals surface area contributed by atoms with Gasteiger partial charge in [0, 0.05) is 56.1 Å². The smallest absolute Gasteiger partial charge is 0.270 e. The lowest BCUT2D eigenvalue weighted by atomic mass is 10.1. The molecule has 0 amide bonds. The third-order valence-electron chi connectivity index (χ3n) is 6.75. The first kappa shape index (κ1) is 19.4. The molecule has 0 unspecified atom stereocenters. The van der Waals surface area contributed by atoms with Crippen molar-refractivity contribution in [3.8, 4) is 5.75 Å². The summed E-state index contributed by atoms with van der Waals surface area (Å²) in [6, 6.07) is 11.1. The number of fused-ring (bicyclic) bond motifs is 1. The first-order chi connectivity index (χ1) is 14.7. The van der Waals surface area contributed by atoms with E-state index in [9.17, 15) is 4.79 Å². The van der Waals surface area contributed by atoms with Crippen LogP contribution in [0.15, 0.2) is 47.5 Å². The number of rotatable bonds is 5. The van der Waals surface area contributed by atoms with Gasteiger partial charge in [0.1, 0.15) is 11.9 Å². The van der Waals surface area contributed by atoms with Crippen molar-refractivity contribution in [1.29, 1.82) is 0 Å². The number of likely N-dealkylation sites (tertiary alicyclic amines) is 1. The van der Waals surface area contributed by atoms with Crippen LogP contribution in [0.2, 0.25) is 0 Å². The fourth-order valence-corrected chi connectivity index (χ4v) is 5.04. The van der Waals surface area contributed by atoms with E-state index in [4.69, 9.17) is 4.74 Å². The van der Waals surface area contributed by atoms with Crippen LogP contribution in [0.25, 0.3) is 10.9 Å². The van der Waals surface area contributed by atoms with Crippen molar-refractivity contribution in [2.45, 2.75) is 57.2 Å². The Hall–Kier alpha value is -2.60. The van der Waals surface area contributed by atoms with Crippen molar-refractivity contribution in [1.82, 2.24) is 19.2 Å². The van der Waals surface area contributed by atoms with Crippen molar-refractivity contribution in [2.24, 2.45) is 7.05 Å². The van der Waals surface area contributed by atoms with Gasteiger partial charge in [-0.2, -0.15) is 5.10 Å². The van der Waals surface area contributed by atoms with Crippen LogP contribution in [0.3, 0.4) is 0 Å². The molecule has 2 aliphatic rings. The molecule has 0 atom stereocenters. The van der Waals surface area contributed by atoms with Gasteiger partial charge in [-0.05, 0) is 49.9 Å². The molecular weight excluding hydrogens is 376 g/mol. The van der Waals surface area contributed by atoms with E-state index in [-0.39, 0.29) is 11.7 Å². The zero-order valence-corrected chi connectivity index (χ0v) is 17.7. The largest absolute Gasteiger partial charge is 0.490 e. The Balaban J connectivity index is 1.24. The van der Waals surface area contributed by atoms with Crippen LogP contribution < -0.4 is 10.3 Å².